The van der Waals surface area contributed by atoms with Crippen molar-refractivity contribution in [3.63, 3.8) is 0 Å². The summed E-state index contributed by atoms with van der Waals surface area (Å²) < 4.78 is 0. The van der Waals surface area contributed by atoms with Crippen LogP contribution in [0.1, 0.15) is 58.2 Å². The van der Waals surface area contributed by atoms with Crippen LogP contribution in [0, 0.1) is 5.92 Å². The summed E-state index contributed by atoms with van der Waals surface area (Å²) in [7, 11) is 0. The SMILES string of the molecule is CCCNCCC(C)Cc1nc(C(C)(C)C)cs1. The van der Waals surface area contributed by atoms with E-state index in [0.717, 1.165) is 19.5 Å². The maximum Gasteiger partial charge on any atom is 0.0931 e. The smallest absolute Gasteiger partial charge is 0.0931 e. The zero-order valence-electron chi connectivity index (χ0n) is 12.5. The van der Waals surface area contributed by atoms with E-state index in [4.69, 9.17) is 4.98 Å². The minimum atomic E-state index is 0.181. The van der Waals surface area contributed by atoms with Gasteiger partial charge in [-0.2, -0.15) is 0 Å². The van der Waals surface area contributed by atoms with E-state index in [1.165, 1.54) is 23.5 Å². The number of hydrogen-bond acceptors (Lipinski definition) is 3. The van der Waals surface area contributed by atoms with E-state index in [2.05, 4.69) is 45.3 Å². The van der Waals surface area contributed by atoms with E-state index < -0.39 is 0 Å². The highest BCUT2D eigenvalue weighted by molar-refractivity contribution is 7.09. The molecule has 0 saturated heterocycles. The first-order valence-electron chi connectivity index (χ1n) is 7.09. The highest BCUT2D eigenvalue weighted by Gasteiger charge is 2.17. The maximum absolute atomic E-state index is 4.76. The summed E-state index contributed by atoms with van der Waals surface area (Å²) in [4.78, 5) is 4.76. The summed E-state index contributed by atoms with van der Waals surface area (Å²) in [5.74, 6) is 0.716. The molecular formula is C15H28N2S. The molecule has 1 unspecified atom stereocenters. The third-order valence-electron chi connectivity index (χ3n) is 3.08. The first kappa shape index (κ1) is 15.6. The highest BCUT2D eigenvalue weighted by Crippen LogP contribution is 2.25. The van der Waals surface area contributed by atoms with Gasteiger partial charge in [0.05, 0.1) is 10.7 Å². The number of hydrogen-bond donors (Lipinski definition) is 1. The van der Waals surface area contributed by atoms with Crippen LogP contribution in [0.3, 0.4) is 0 Å². The average Bonchev–Trinajstić information content (AvgIpc) is 2.72. The monoisotopic (exact) mass is 268 g/mol. The molecule has 0 radical (unpaired) electrons. The Balaban J connectivity index is 2.35. The van der Waals surface area contributed by atoms with Gasteiger partial charge in [-0.3, -0.25) is 0 Å². The molecule has 0 aromatic carbocycles. The van der Waals surface area contributed by atoms with Gasteiger partial charge in [-0.1, -0.05) is 34.6 Å². The molecule has 0 aliphatic heterocycles. The van der Waals surface area contributed by atoms with Gasteiger partial charge in [-0.05, 0) is 31.8 Å². The van der Waals surface area contributed by atoms with Crippen LogP contribution >= 0.6 is 11.3 Å². The van der Waals surface area contributed by atoms with Crippen molar-refractivity contribution in [3.8, 4) is 0 Å². The predicted octanol–water partition coefficient (Wildman–Crippen LogP) is 4.01. The molecule has 1 rings (SSSR count). The van der Waals surface area contributed by atoms with Crippen LogP contribution < -0.4 is 5.32 Å². The lowest BCUT2D eigenvalue weighted by Gasteiger charge is -2.14. The molecular weight excluding hydrogens is 240 g/mol. The quantitative estimate of drug-likeness (QED) is 0.756. The molecule has 2 nitrogen and oxygen atoms in total. The predicted molar refractivity (Wildman–Crippen MR) is 81.5 cm³/mol. The van der Waals surface area contributed by atoms with Crippen molar-refractivity contribution in [2.75, 3.05) is 13.1 Å². The number of aromatic nitrogens is 1. The lowest BCUT2D eigenvalue weighted by Crippen LogP contribution is -2.18. The summed E-state index contributed by atoms with van der Waals surface area (Å²) in [5, 5.41) is 6.98. The van der Waals surface area contributed by atoms with E-state index in [-0.39, 0.29) is 5.41 Å². The second-order valence-corrected chi connectivity index (χ2v) is 7.17. The van der Waals surface area contributed by atoms with E-state index in [9.17, 15) is 0 Å². The largest absolute Gasteiger partial charge is 0.317 e. The van der Waals surface area contributed by atoms with Crippen molar-refractivity contribution < 1.29 is 0 Å². The minimum absolute atomic E-state index is 0.181. The molecule has 104 valence electrons. The minimum Gasteiger partial charge on any atom is -0.317 e. The van der Waals surface area contributed by atoms with Gasteiger partial charge < -0.3 is 5.32 Å². The van der Waals surface area contributed by atoms with E-state index >= 15 is 0 Å². The summed E-state index contributed by atoms with van der Waals surface area (Å²) >= 11 is 1.82. The first-order chi connectivity index (χ1) is 8.43. The Morgan fingerprint density at radius 1 is 1.33 bits per heavy atom. The summed E-state index contributed by atoms with van der Waals surface area (Å²) in [6.45, 7) is 13.5. The molecule has 0 aliphatic rings. The molecule has 0 bridgehead atoms. The van der Waals surface area contributed by atoms with Crippen LogP contribution in [0.2, 0.25) is 0 Å². The number of thiazole rings is 1. The number of nitrogens with zero attached hydrogens (tertiary/aromatic N) is 1. The number of rotatable bonds is 7. The van der Waals surface area contributed by atoms with Gasteiger partial charge in [-0.25, -0.2) is 4.98 Å². The van der Waals surface area contributed by atoms with Gasteiger partial charge in [0.2, 0.25) is 0 Å². The van der Waals surface area contributed by atoms with E-state index in [0.29, 0.717) is 5.92 Å². The van der Waals surface area contributed by atoms with Crippen LogP contribution in [0.5, 0.6) is 0 Å². The lowest BCUT2D eigenvalue weighted by atomic mass is 9.93. The fourth-order valence-corrected chi connectivity index (χ4v) is 2.99. The maximum atomic E-state index is 4.76. The molecule has 18 heavy (non-hydrogen) atoms. The van der Waals surface area contributed by atoms with Gasteiger partial charge in [-0.15, -0.1) is 11.3 Å². The van der Waals surface area contributed by atoms with Gasteiger partial charge in [0.1, 0.15) is 0 Å². The standard InChI is InChI=1S/C15H28N2S/c1-6-8-16-9-7-12(2)10-14-17-13(11-18-14)15(3,4)5/h11-12,16H,6-10H2,1-5H3. The van der Waals surface area contributed by atoms with Crippen LogP contribution in [0.15, 0.2) is 5.38 Å². The van der Waals surface area contributed by atoms with Crippen molar-refractivity contribution in [2.24, 2.45) is 5.92 Å². The fourth-order valence-electron chi connectivity index (χ4n) is 1.80. The molecule has 1 aromatic heterocycles. The Morgan fingerprint density at radius 3 is 2.61 bits per heavy atom. The van der Waals surface area contributed by atoms with Crippen LogP contribution in [-0.4, -0.2) is 18.1 Å². The molecule has 0 amide bonds. The second kappa shape index (κ2) is 7.25. The first-order valence-corrected chi connectivity index (χ1v) is 7.97. The van der Waals surface area contributed by atoms with E-state index in [1.807, 2.05) is 11.3 Å². The molecule has 3 heteroatoms. The van der Waals surface area contributed by atoms with Crippen LogP contribution in [-0.2, 0) is 11.8 Å². The Labute approximate surface area is 116 Å². The van der Waals surface area contributed by atoms with Crippen molar-refractivity contribution in [2.45, 2.75) is 59.3 Å². The van der Waals surface area contributed by atoms with E-state index in [1.54, 1.807) is 0 Å². The molecule has 0 saturated carbocycles. The van der Waals surface area contributed by atoms with Gasteiger partial charge in [0, 0.05) is 17.2 Å². The van der Waals surface area contributed by atoms with Crippen molar-refractivity contribution in [1.29, 1.82) is 0 Å². The van der Waals surface area contributed by atoms with Gasteiger partial charge in [0.25, 0.3) is 0 Å². The molecule has 1 aromatic rings. The molecule has 1 atom stereocenters. The zero-order chi connectivity index (χ0) is 13.6. The molecule has 0 aliphatic carbocycles. The second-order valence-electron chi connectivity index (χ2n) is 6.22. The highest BCUT2D eigenvalue weighted by atomic mass is 32.1. The summed E-state index contributed by atoms with van der Waals surface area (Å²) in [6, 6.07) is 0. The van der Waals surface area contributed by atoms with Crippen LogP contribution in [0.4, 0.5) is 0 Å². The number of nitrogens with one attached hydrogen (secondary N) is 1. The fraction of sp³-hybridized carbons (Fsp3) is 0.800. The molecule has 1 heterocycles. The topological polar surface area (TPSA) is 24.9 Å². The van der Waals surface area contributed by atoms with Crippen molar-refractivity contribution in [1.82, 2.24) is 10.3 Å². The molecule has 1 N–H and O–H groups in total. The summed E-state index contributed by atoms with van der Waals surface area (Å²) in [6.07, 6.45) is 3.58. The van der Waals surface area contributed by atoms with Crippen molar-refractivity contribution in [3.05, 3.63) is 16.1 Å². The van der Waals surface area contributed by atoms with Gasteiger partial charge >= 0.3 is 0 Å². The van der Waals surface area contributed by atoms with Crippen molar-refractivity contribution >= 4 is 11.3 Å². The Kier molecular flexibility index (Phi) is 6.30. The Morgan fingerprint density at radius 2 is 2.06 bits per heavy atom. The third kappa shape index (κ3) is 5.49. The normalized spacial score (nSPS) is 13.8. The molecule has 0 spiro atoms. The lowest BCUT2D eigenvalue weighted by molar-refractivity contribution is 0.495. The molecule has 0 fully saturated rings. The average molecular weight is 268 g/mol. The summed E-state index contributed by atoms with van der Waals surface area (Å²) in [5.41, 5.74) is 1.42. The third-order valence-corrected chi connectivity index (χ3v) is 3.96. The van der Waals surface area contributed by atoms with Crippen LogP contribution in [0.25, 0.3) is 0 Å². The Bertz CT molecular complexity index is 339. The zero-order valence-corrected chi connectivity index (χ0v) is 13.4. The van der Waals surface area contributed by atoms with Gasteiger partial charge in [0.15, 0.2) is 0 Å². The Hall–Kier alpha value is -0.410.